The summed E-state index contributed by atoms with van der Waals surface area (Å²) in [5.74, 6) is 0.571. The Kier molecular flexibility index (Phi) is 2.82. The van der Waals surface area contributed by atoms with E-state index in [0.717, 1.165) is 13.0 Å². The molecule has 0 radical (unpaired) electrons. The maximum atomic E-state index is 11.7. The first-order valence-electron chi connectivity index (χ1n) is 4.87. The second-order valence-corrected chi connectivity index (χ2v) is 4.08. The first-order chi connectivity index (χ1) is 7.58. The SMILES string of the molecule is CN1CCC(Nc2nc(N)ncc2Cl)C1=O. The van der Waals surface area contributed by atoms with E-state index in [-0.39, 0.29) is 17.9 Å². The minimum absolute atomic E-state index is 0.0354. The molecule has 1 amide bonds. The molecule has 0 aromatic carbocycles. The van der Waals surface area contributed by atoms with Gasteiger partial charge in [-0.1, -0.05) is 11.6 Å². The average Bonchev–Trinajstić information content (AvgIpc) is 2.55. The van der Waals surface area contributed by atoms with Crippen LogP contribution >= 0.6 is 11.6 Å². The monoisotopic (exact) mass is 241 g/mol. The van der Waals surface area contributed by atoms with E-state index < -0.39 is 0 Å². The summed E-state index contributed by atoms with van der Waals surface area (Å²) in [6.45, 7) is 0.731. The van der Waals surface area contributed by atoms with Crippen LogP contribution in [0.25, 0.3) is 0 Å². The van der Waals surface area contributed by atoms with Crippen molar-refractivity contribution < 1.29 is 4.79 Å². The van der Waals surface area contributed by atoms with E-state index in [9.17, 15) is 4.79 Å². The maximum Gasteiger partial charge on any atom is 0.244 e. The van der Waals surface area contributed by atoms with Gasteiger partial charge in [-0.05, 0) is 6.42 Å². The van der Waals surface area contributed by atoms with Gasteiger partial charge in [-0.3, -0.25) is 4.79 Å². The van der Waals surface area contributed by atoms with Crippen LogP contribution in [0.15, 0.2) is 6.20 Å². The van der Waals surface area contributed by atoms with Crippen molar-refractivity contribution in [3.05, 3.63) is 11.2 Å². The molecule has 3 N–H and O–H groups in total. The molecule has 1 aromatic rings. The first kappa shape index (κ1) is 10.9. The topological polar surface area (TPSA) is 84.1 Å². The van der Waals surface area contributed by atoms with Gasteiger partial charge in [0.2, 0.25) is 11.9 Å². The zero-order valence-corrected chi connectivity index (χ0v) is 9.53. The van der Waals surface area contributed by atoms with Crippen LogP contribution in [-0.4, -0.2) is 40.4 Å². The molecule has 16 heavy (non-hydrogen) atoms. The maximum absolute atomic E-state index is 11.7. The Morgan fingerprint density at radius 3 is 3.06 bits per heavy atom. The van der Waals surface area contributed by atoms with Crippen LogP contribution in [0.4, 0.5) is 11.8 Å². The summed E-state index contributed by atoms with van der Waals surface area (Å²) >= 11 is 5.89. The van der Waals surface area contributed by atoms with Gasteiger partial charge in [0.05, 0.1) is 6.20 Å². The highest BCUT2D eigenvalue weighted by Crippen LogP contribution is 2.21. The molecular formula is C9H12ClN5O. The molecule has 1 aromatic heterocycles. The number of nitrogens with two attached hydrogens (primary N) is 1. The van der Waals surface area contributed by atoms with Crippen molar-refractivity contribution in [1.82, 2.24) is 14.9 Å². The molecule has 1 fully saturated rings. The summed E-state index contributed by atoms with van der Waals surface area (Å²) in [5.41, 5.74) is 5.45. The minimum Gasteiger partial charge on any atom is -0.368 e. The Bertz CT molecular complexity index is 424. The van der Waals surface area contributed by atoms with Gasteiger partial charge >= 0.3 is 0 Å². The van der Waals surface area contributed by atoms with Gasteiger partial charge in [0.1, 0.15) is 11.1 Å². The third kappa shape index (κ3) is 2.01. The number of nitrogens with zero attached hydrogens (tertiary/aromatic N) is 3. The molecule has 0 saturated carbocycles. The first-order valence-corrected chi connectivity index (χ1v) is 5.25. The van der Waals surface area contributed by atoms with Gasteiger partial charge < -0.3 is 16.0 Å². The number of hydrogen-bond donors (Lipinski definition) is 2. The van der Waals surface area contributed by atoms with Gasteiger partial charge in [0.25, 0.3) is 0 Å². The standard InChI is InChI=1S/C9H12ClN5O/c1-15-3-2-6(8(15)16)13-7-5(10)4-12-9(11)14-7/h4,6H,2-3H2,1H3,(H3,11,12,13,14). The molecule has 1 unspecified atom stereocenters. The number of amides is 1. The Hall–Kier alpha value is -1.56. The zero-order chi connectivity index (χ0) is 11.7. The second-order valence-electron chi connectivity index (χ2n) is 3.67. The van der Waals surface area contributed by atoms with Gasteiger partial charge in [-0.25, -0.2) is 4.98 Å². The van der Waals surface area contributed by atoms with E-state index in [2.05, 4.69) is 15.3 Å². The van der Waals surface area contributed by atoms with Crippen molar-refractivity contribution in [3.8, 4) is 0 Å². The molecule has 2 heterocycles. The van der Waals surface area contributed by atoms with E-state index in [1.54, 1.807) is 11.9 Å². The summed E-state index contributed by atoms with van der Waals surface area (Å²) in [5, 5.41) is 3.33. The fourth-order valence-electron chi connectivity index (χ4n) is 1.60. The lowest BCUT2D eigenvalue weighted by Gasteiger charge is -2.13. The number of rotatable bonds is 2. The number of carbonyl (C=O) groups is 1. The number of hydrogen-bond acceptors (Lipinski definition) is 5. The lowest BCUT2D eigenvalue weighted by Crippen LogP contribution is -2.31. The number of halogens is 1. The van der Waals surface area contributed by atoms with E-state index in [1.165, 1.54) is 6.20 Å². The van der Waals surface area contributed by atoms with Crippen molar-refractivity contribution in [2.75, 3.05) is 24.6 Å². The van der Waals surface area contributed by atoms with E-state index in [0.29, 0.717) is 10.8 Å². The molecule has 1 aliphatic rings. The normalized spacial score (nSPS) is 20.2. The highest BCUT2D eigenvalue weighted by Gasteiger charge is 2.29. The van der Waals surface area contributed by atoms with E-state index >= 15 is 0 Å². The quantitative estimate of drug-likeness (QED) is 0.781. The third-order valence-electron chi connectivity index (χ3n) is 2.50. The smallest absolute Gasteiger partial charge is 0.244 e. The summed E-state index contributed by atoms with van der Waals surface area (Å²) in [6, 6.07) is -0.281. The average molecular weight is 242 g/mol. The largest absolute Gasteiger partial charge is 0.368 e. The number of likely N-dealkylation sites (N-methyl/N-ethyl adjacent to an activating group) is 1. The van der Waals surface area contributed by atoms with Crippen LogP contribution in [0.5, 0.6) is 0 Å². The van der Waals surface area contributed by atoms with Crippen LogP contribution in [0.1, 0.15) is 6.42 Å². The lowest BCUT2D eigenvalue weighted by molar-refractivity contribution is -0.127. The predicted octanol–water partition coefficient (Wildman–Crippen LogP) is 0.355. The number of aromatic nitrogens is 2. The number of anilines is 2. The zero-order valence-electron chi connectivity index (χ0n) is 8.77. The Balaban J connectivity index is 2.15. The lowest BCUT2D eigenvalue weighted by atomic mass is 10.2. The van der Waals surface area contributed by atoms with Crippen molar-refractivity contribution in [2.45, 2.75) is 12.5 Å². The number of carbonyl (C=O) groups excluding carboxylic acids is 1. The van der Waals surface area contributed by atoms with Crippen molar-refractivity contribution in [3.63, 3.8) is 0 Å². The molecule has 0 spiro atoms. The van der Waals surface area contributed by atoms with Gasteiger partial charge in [-0.2, -0.15) is 4.98 Å². The van der Waals surface area contributed by atoms with E-state index in [4.69, 9.17) is 17.3 Å². The van der Waals surface area contributed by atoms with Crippen LogP contribution in [-0.2, 0) is 4.79 Å². The Morgan fingerprint density at radius 2 is 2.44 bits per heavy atom. The van der Waals surface area contributed by atoms with Crippen LogP contribution in [0.3, 0.4) is 0 Å². The van der Waals surface area contributed by atoms with Crippen molar-refractivity contribution >= 4 is 29.3 Å². The molecule has 1 saturated heterocycles. The molecule has 2 rings (SSSR count). The van der Waals surface area contributed by atoms with Crippen LogP contribution < -0.4 is 11.1 Å². The van der Waals surface area contributed by atoms with Crippen molar-refractivity contribution in [1.29, 1.82) is 0 Å². The van der Waals surface area contributed by atoms with Crippen LogP contribution in [0, 0.1) is 0 Å². The summed E-state index contributed by atoms with van der Waals surface area (Å²) in [7, 11) is 1.76. The molecule has 1 atom stereocenters. The van der Waals surface area contributed by atoms with Crippen molar-refractivity contribution in [2.24, 2.45) is 0 Å². The summed E-state index contributed by atoms with van der Waals surface area (Å²) < 4.78 is 0. The highest BCUT2D eigenvalue weighted by atomic mass is 35.5. The number of likely N-dealkylation sites (tertiary alicyclic amines) is 1. The molecule has 6 nitrogen and oxygen atoms in total. The minimum atomic E-state index is -0.281. The summed E-state index contributed by atoms with van der Waals surface area (Å²) in [6.07, 6.45) is 2.14. The molecule has 0 aliphatic carbocycles. The van der Waals surface area contributed by atoms with Gasteiger partial charge in [-0.15, -0.1) is 0 Å². The Morgan fingerprint density at radius 1 is 1.69 bits per heavy atom. The molecular weight excluding hydrogens is 230 g/mol. The van der Waals surface area contributed by atoms with Crippen LogP contribution in [0.2, 0.25) is 5.02 Å². The second kappa shape index (κ2) is 4.13. The molecule has 0 bridgehead atoms. The van der Waals surface area contributed by atoms with Gasteiger partial charge in [0.15, 0.2) is 5.82 Å². The van der Waals surface area contributed by atoms with E-state index in [1.807, 2.05) is 0 Å². The molecule has 1 aliphatic heterocycles. The van der Waals surface area contributed by atoms with Gasteiger partial charge in [0, 0.05) is 13.6 Å². The molecule has 86 valence electrons. The highest BCUT2D eigenvalue weighted by molar-refractivity contribution is 6.32. The summed E-state index contributed by atoms with van der Waals surface area (Å²) in [4.78, 5) is 21.0. The Labute approximate surface area is 97.8 Å². The third-order valence-corrected chi connectivity index (χ3v) is 2.78. The fourth-order valence-corrected chi connectivity index (χ4v) is 1.75. The molecule has 7 heteroatoms. The number of nitrogens with one attached hydrogen (secondary N) is 1. The number of nitrogen functional groups attached to an aromatic ring is 1. The fraction of sp³-hybridized carbons (Fsp3) is 0.444. The predicted molar refractivity (Wildman–Crippen MR) is 61.1 cm³/mol.